The number of aromatic nitrogens is 4. The summed E-state index contributed by atoms with van der Waals surface area (Å²) in [6.07, 6.45) is -1.73. The molecule has 2 aromatic heterocycles. The van der Waals surface area contributed by atoms with E-state index < -0.39 is 11.9 Å². The van der Waals surface area contributed by atoms with E-state index in [1.807, 2.05) is 19.1 Å². The first kappa shape index (κ1) is 15.9. The van der Waals surface area contributed by atoms with Crippen molar-refractivity contribution in [1.82, 2.24) is 19.7 Å². The molecule has 0 aliphatic carbocycles. The largest absolute Gasteiger partial charge is 0.433 e. The molecular formula is C16H11F3N4O. The lowest BCUT2D eigenvalue weighted by Gasteiger charge is -2.10. The molecule has 0 fully saturated rings. The van der Waals surface area contributed by atoms with E-state index in [2.05, 4.69) is 15.1 Å². The summed E-state index contributed by atoms with van der Waals surface area (Å²) in [7, 11) is 0. The fraction of sp³-hybridized carbons (Fsp3) is 0.125. The van der Waals surface area contributed by atoms with Crippen molar-refractivity contribution in [3.05, 3.63) is 59.5 Å². The van der Waals surface area contributed by atoms with Gasteiger partial charge in [-0.1, -0.05) is 29.8 Å². The molecule has 0 saturated heterocycles. The van der Waals surface area contributed by atoms with Crippen molar-refractivity contribution < 1.29 is 18.0 Å². The third kappa shape index (κ3) is 2.90. The normalized spacial score (nSPS) is 11.5. The van der Waals surface area contributed by atoms with Crippen LogP contribution in [0.3, 0.4) is 0 Å². The quantitative estimate of drug-likeness (QED) is 0.689. The third-order valence-corrected chi connectivity index (χ3v) is 3.37. The minimum Gasteiger partial charge on any atom is -0.298 e. The van der Waals surface area contributed by atoms with Crippen molar-refractivity contribution in [3.63, 3.8) is 0 Å². The predicted octanol–water partition coefficient (Wildman–Crippen LogP) is 3.47. The second-order valence-electron chi connectivity index (χ2n) is 5.08. The van der Waals surface area contributed by atoms with Gasteiger partial charge in [0.15, 0.2) is 6.29 Å². The van der Waals surface area contributed by atoms with Crippen molar-refractivity contribution in [2.24, 2.45) is 0 Å². The lowest BCUT2D eigenvalue weighted by molar-refractivity contribution is -0.141. The number of hydrogen-bond donors (Lipinski definition) is 0. The number of carbonyl (C=O) groups is 1. The van der Waals surface area contributed by atoms with Crippen LogP contribution in [0.2, 0.25) is 0 Å². The minimum absolute atomic E-state index is 0.236. The fourth-order valence-electron chi connectivity index (χ4n) is 2.21. The number of hydrogen-bond acceptors (Lipinski definition) is 4. The smallest absolute Gasteiger partial charge is 0.298 e. The first-order valence-corrected chi connectivity index (χ1v) is 6.91. The van der Waals surface area contributed by atoms with Crippen LogP contribution in [0, 0.1) is 6.92 Å². The van der Waals surface area contributed by atoms with Crippen LogP contribution < -0.4 is 0 Å². The van der Waals surface area contributed by atoms with Gasteiger partial charge in [-0.25, -0.2) is 9.97 Å². The maximum Gasteiger partial charge on any atom is 0.433 e. The number of aryl methyl sites for hydroxylation is 1. The van der Waals surface area contributed by atoms with E-state index in [1.54, 1.807) is 12.1 Å². The summed E-state index contributed by atoms with van der Waals surface area (Å²) in [5.41, 5.74) is 1.13. The number of carbonyl (C=O) groups excluding carboxylic acids is 1. The van der Waals surface area contributed by atoms with E-state index in [-0.39, 0.29) is 11.5 Å². The molecule has 1 aromatic carbocycles. The first-order chi connectivity index (χ1) is 11.4. The number of rotatable bonds is 3. The molecular weight excluding hydrogens is 321 g/mol. The molecule has 0 atom stereocenters. The summed E-state index contributed by atoms with van der Waals surface area (Å²) in [6.45, 7) is 1.90. The average Bonchev–Trinajstić information content (AvgIpc) is 2.99. The lowest BCUT2D eigenvalue weighted by atomic mass is 10.1. The van der Waals surface area contributed by atoms with Gasteiger partial charge in [0.05, 0.1) is 17.5 Å². The van der Waals surface area contributed by atoms with Gasteiger partial charge in [-0.2, -0.15) is 23.0 Å². The Kier molecular flexibility index (Phi) is 3.88. The summed E-state index contributed by atoms with van der Waals surface area (Å²) in [6, 6.07) is 7.94. The number of alkyl halides is 3. The van der Waals surface area contributed by atoms with Crippen molar-refractivity contribution >= 4 is 6.29 Å². The summed E-state index contributed by atoms with van der Waals surface area (Å²) in [5.74, 6) is -0.256. The van der Waals surface area contributed by atoms with Crippen LogP contribution >= 0.6 is 0 Å². The molecule has 0 aliphatic rings. The van der Waals surface area contributed by atoms with Crippen molar-refractivity contribution in [2.45, 2.75) is 13.1 Å². The maximum atomic E-state index is 12.8. The standard InChI is InChI=1S/C16H11F3N4O/c1-10-2-4-11(5-3-10)14-12(9-24)8-21-23(14)15-20-7-6-13(22-15)16(17,18)19/h2-9H,1H3. The van der Waals surface area contributed by atoms with Gasteiger partial charge in [0.2, 0.25) is 0 Å². The molecule has 3 rings (SSSR count). The van der Waals surface area contributed by atoms with Gasteiger partial charge in [0.25, 0.3) is 5.95 Å². The van der Waals surface area contributed by atoms with Gasteiger partial charge in [-0.05, 0) is 13.0 Å². The Morgan fingerprint density at radius 1 is 1.12 bits per heavy atom. The van der Waals surface area contributed by atoms with Crippen LogP contribution in [-0.2, 0) is 6.18 Å². The molecule has 0 spiro atoms. The Balaban J connectivity index is 2.18. The van der Waals surface area contributed by atoms with E-state index in [9.17, 15) is 18.0 Å². The van der Waals surface area contributed by atoms with Crippen LogP contribution in [0.25, 0.3) is 17.2 Å². The lowest BCUT2D eigenvalue weighted by Crippen LogP contribution is -2.12. The van der Waals surface area contributed by atoms with E-state index in [0.717, 1.165) is 22.5 Å². The second kappa shape index (κ2) is 5.88. The molecule has 0 radical (unpaired) electrons. The first-order valence-electron chi connectivity index (χ1n) is 6.91. The van der Waals surface area contributed by atoms with Crippen molar-refractivity contribution in [2.75, 3.05) is 0 Å². The number of aldehydes is 1. The Morgan fingerprint density at radius 2 is 1.83 bits per heavy atom. The maximum absolute atomic E-state index is 12.8. The molecule has 8 heteroatoms. The van der Waals surface area contributed by atoms with Gasteiger partial charge >= 0.3 is 6.18 Å². The highest BCUT2D eigenvalue weighted by Crippen LogP contribution is 2.29. The summed E-state index contributed by atoms with van der Waals surface area (Å²) in [4.78, 5) is 18.6. The summed E-state index contributed by atoms with van der Waals surface area (Å²) < 4.78 is 39.7. The number of halogens is 3. The highest BCUT2D eigenvalue weighted by atomic mass is 19.4. The Hall–Kier alpha value is -3.03. The highest BCUT2D eigenvalue weighted by molar-refractivity contribution is 5.86. The van der Waals surface area contributed by atoms with Crippen molar-refractivity contribution in [1.29, 1.82) is 0 Å². The van der Waals surface area contributed by atoms with Gasteiger partial charge in [0, 0.05) is 11.8 Å². The highest BCUT2D eigenvalue weighted by Gasteiger charge is 2.33. The predicted molar refractivity (Wildman–Crippen MR) is 79.7 cm³/mol. The Bertz CT molecular complexity index is 885. The molecule has 0 saturated carbocycles. The third-order valence-electron chi connectivity index (χ3n) is 3.37. The van der Waals surface area contributed by atoms with Gasteiger partial charge in [-0.15, -0.1) is 0 Å². The van der Waals surface area contributed by atoms with Crippen LogP contribution in [0.5, 0.6) is 0 Å². The second-order valence-corrected chi connectivity index (χ2v) is 5.08. The number of nitrogens with zero attached hydrogens (tertiary/aromatic N) is 4. The molecule has 2 heterocycles. The fourth-order valence-corrected chi connectivity index (χ4v) is 2.21. The number of benzene rings is 1. The van der Waals surface area contributed by atoms with Crippen molar-refractivity contribution in [3.8, 4) is 17.2 Å². The molecule has 3 aromatic rings. The summed E-state index contributed by atoms with van der Waals surface area (Å²) >= 11 is 0. The molecule has 0 N–H and O–H groups in total. The zero-order valence-electron chi connectivity index (χ0n) is 12.4. The monoisotopic (exact) mass is 332 g/mol. The molecule has 5 nitrogen and oxygen atoms in total. The van der Waals surface area contributed by atoms with Gasteiger partial charge in [0.1, 0.15) is 5.69 Å². The van der Waals surface area contributed by atoms with E-state index in [4.69, 9.17) is 0 Å². The molecule has 0 unspecified atom stereocenters. The molecule has 0 amide bonds. The molecule has 24 heavy (non-hydrogen) atoms. The minimum atomic E-state index is -4.59. The van der Waals surface area contributed by atoms with E-state index in [0.29, 0.717) is 17.5 Å². The topological polar surface area (TPSA) is 60.7 Å². The molecule has 0 bridgehead atoms. The molecule has 0 aliphatic heterocycles. The SMILES string of the molecule is Cc1ccc(-c2c(C=O)cnn2-c2nccc(C(F)(F)F)n2)cc1. The van der Waals surface area contributed by atoms with E-state index >= 15 is 0 Å². The molecule has 122 valence electrons. The van der Waals surface area contributed by atoms with Crippen LogP contribution in [0.1, 0.15) is 21.6 Å². The van der Waals surface area contributed by atoms with Gasteiger partial charge < -0.3 is 0 Å². The van der Waals surface area contributed by atoms with Crippen LogP contribution in [0.15, 0.2) is 42.7 Å². The zero-order chi connectivity index (χ0) is 17.3. The average molecular weight is 332 g/mol. The summed E-state index contributed by atoms with van der Waals surface area (Å²) in [5, 5.41) is 3.97. The Labute approximate surface area is 134 Å². The van der Waals surface area contributed by atoms with Crippen LogP contribution in [-0.4, -0.2) is 26.0 Å². The Morgan fingerprint density at radius 3 is 2.46 bits per heavy atom. The van der Waals surface area contributed by atoms with Crippen LogP contribution in [0.4, 0.5) is 13.2 Å². The van der Waals surface area contributed by atoms with E-state index in [1.165, 1.54) is 6.20 Å². The van der Waals surface area contributed by atoms with Gasteiger partial charge in [-0.3, -0.25) is 4.79 Å². The zero-order valence-corrected chi connectivity index (χ0v) is 12.4.